The van der Waals surface area contributed by atoms with Gasteiger partial charge < -0.3 is 24.8 Å². The van der Waals surface area contributed by atoms with Gasteiger partial charge in [0.15, 0.2) is 0 Å². The van der Waals surface area contributed by atoms with Crippen molar-refractivity contribution in [3.8, 4) is 22.3 Å². The average molecular weight is 564 g/mol. The molecule has 34 heavy (non-hydrogen) atoms. The zero-order valence-electron chi connectivity index (χ0n) is 20.6. The van der Waals surface area contributed by atoms with Crippen molar-refractivity contribution in [1.82, 2.24) is 0 Å². The number of benzene rings is 4. The maximum absolute atomic E-state index is 2.36. The molecule has 0 saturated heterocycles. The molecule has 5 aromatic carbocycles. The Hall–Kier alpha value is -1.79. The van der Waals surface area contributed by atoms with Gasteiger partial charge in [-0.2, -0.15) is 0 Å². The summed E-state index contributed by atoms with van der Waals surface area (Å²) in [5, 5.41) is 5.32. The van der Waals surface area contributed by atoms with Crippen LogP contribution in [0.4, 0.5) is 0 Å². The third-order valence-corrected chi connectivity index (χ3v) is 6.64. The number of halogens is 2. The summed E-state index contributed by atoms with van der Waals surface area (Å²) in [5.74, 6) is 0. The van der Waals surface area contributed by atoms with Crippen LogP contribution in [0.25, 0.3) is 43.8 Å². The molecular formula is C31H29Cl2Zr. The third kappa shape index (κ3) is 4.94. The normalized spacial score (nSPS) is 10.5. The predicted octanol–water partition coefficient (Wildman–Crippen LogP) is 2.90. The van der Waals surface area contributed by atoms with Crippen LogP contribution in [0.3, 0.4) is 0 Å². The van der Waals surface area contributed by atoms with Crippen LogP contribution >= 0.6 is 0 Å². The van der Waals surface area contributed by atoms with E-state index in [2.05, 4.69) is 108 Å². The number of fused-ring (bicyclic) bond motifs is 3. The molecule has 0 aromatic heterocycles. The van der Waals surface area contributed by atoms with E-state index in [1.54, 1.807) is 0 Å². The quantitative estimate of drug-likeness (QED) is 0.290. The Morgan fingerprint density at radius 2 is 0.794 bits per heavy atom. The zero-order chi connectivity index (χ0) is 21.9. The summed E-state index contributed by atoms with van der Waals surface area (Å²) in [4.78, 5) is 0. The first kappa shape index (κ1) is 28.5. The van der Waals surface area contributed by atoms with Gasteiger partial charge >= 0.3 is 26.2 Å². The number of rotatable bonds is 2. The molecule has 0 heterocycles. The summed E-state index contributed by atoms with van der Waals surface area (Å²) in [6.07, 6.45) is 0. The molecule has 0 aliphatic rings. The molecular weight excluding hydrogens is 534 g/mol. The van der Waals surface area contributed by atoms with Crippen molar-refractivity contribution in [2.75, 3.05) is 0 Å². The molecule has 0 N–H and O–H groups in total. The molecule has 0 bridgehead atoms. The molecule has 0 fully saturated rings. The van der Waals surface area contributed by atoms with E-state index in [1.807, 2.05) is 0 Å². The Bertz CT molecular complexity index is 1330. The second-order valence-corrected chi connectivity index (χ2v) is 9.30. The van der Waals surface area contributed by atoms with E-state index in [9.17, 15) is 0 Å². The van der Waals surface area contributed by atoms with Gasteiger partial charge in [-0.25, -0.2) is 0 Å². The second-order valence-electron chi connectivity index (χ2n) is 9.30. The second kappa shape index (κ2) is 10.9. The molecule has 0 spiro atoms. The number of aryl methyl sites for hydroxylation is 6. The Balaban J connectivity index is 0.00000136. The van der Waals surface area contributed by atoms with E-state index in [0.29, 0.717) is 0 Å². The fraction of sp³-hybridized carbons (Fsp3) is 0.194. The van der Waals surface area contributed by atoms with Crippen molar-refractivity contribution in [3.05, 3.63) is 100 Å². The molecule has 5 rings (SSSR count). The Morgan fingerprint density at radius 1 is 0.471 bits per heavy atom. The minimum atomic E-state index is 0. The van der Waals surface area contributed by atoms with Gasteiger partial charge in [-0.1, -0.05) is 70.8 Å². The molecule has 0 atom stereocenters. The van der Waals surface area contributed by atoms with E-state index >= 15 is 0 Å². The Kier molecular flexibility index (Phi) is 9.09. The van der Waals surface area contributed by atoms with Gasteiger partial charge in [-0.05, 0) is 74.9 Å². The van der Waals surface area contributed by atoms with Gasteiger partial charge in [0.1, 0.15) is 0 Å². The molecule has 0 amide bonds. The zero-order valence-corrected chi connectivity index (χ0v) is 24.6. The van der Waals surface area contributed by atoms with Crippen LogP contribution in [0.15, 0.2) is 66.7 Å². The van der Waals surface area contributed by atoms with Crippen LogP contribution < -0.4 is 24.8 Å². The smallest absolute Gasteiger partial charge is 1.00 e. The molecule has 5 aromatic rings. The maximum atomic E-state index is 2.36. The van der Waals surface area contributed by atoms with E-state index in [1.165, 1.54) is 77.2 Å². The Morgan fingerprint density at radius 3 is 1.12 bits per heavy atom. The number of hydrogen-bond acceptors (Lipinski definition) is 0. The molecule has 0 unspecified atom stereocenters. The summed E-state index contributed by atoms with van der Waals surface area (Å²) >= 11 is 0. The van der Waals surface area contributed by atoms with Gasteiger partial charge in [-0.3, -0.25) is 0 Å². The van der Waals surface area contributed by atoms with Crippen LogP contribution in [0, 0.1) is 41.5 Å². The fourth-order valence-corrected chi connectivity index (χ4v) is 5.60. The van der Waals surface area contributed by atoms with E-state index < -0.39 is 0 Å². The summed E-state index contributed by atoms with van der Waals surface area (Å²) in [6, 6.07) is 25.4. The molecule has 0 saturated carbocycles. The monoisotopic (exact) mass is 561 g/mol. The van der Waals surface area contributed by atoms with Gasteiger partial charge in [0.05, 0.1) is 0 Å². The molecule has 1 radical (unpaired) electrons. The van der Waals surface area contributed by atoms with Crippen LogP contribution in [-0.2, 0) is 26.2 Å². The molecule has 171 valence electrons. The largest absolute Gasteiger partial charge is 3.00 e. The molecule has 0 aliphatic heterocycles. The first-order valence-electron chi connectivity index (χ1n) is 11.1. The topological polar surface area (TPSA) is 0 Å². The maximum Gasteiger partial charge on any atom is 3.00 e. The van der Waals surface area contributed by atoms with E-state index in [4.69, 9.17) is 0 Å². The van der Waals surface area contributed by atoms with Crippen LogP contribution in [0.1, 0.15) is 33.4 Å². The SMILES string of the molecule is Cc1cc(C)c(-c2ccc3c(c2)[cH-]c2cc(-c4c(C)cc(C)cc4C)ccc23)c(C)c1.[Cl-].[Cl-].[Zr+3]. The number of hydrogen-bond donors (Lipinski definition) is 0. The standard InChI is InChI=1S/C31H29.2ClH.Zr/c1-18-11-20(3)30(21(4)12-18)24-7-9-28-26(15-24)17-27-16-25(8-10-29(27)28)31-22(5)13-19(2)14-23(31)6;;;/h7-17H,1-6H3;2*1H;/q-1;;;+3/p-2. The average Bonchev–Trinajstić information content (AvgIpc) is 3.03. The first-order valence-corrected chi connectivity index (χ1v) is 11.1. The summed E-state index contributed by atoms with van der Waals surface area (Å²) in [7, 11) is 0. The fourth-order valence-electron chi connectivity index (χ4n) is 5.60. The van der Waals surface area contributed by atoms with Crippen molar-refractivity contribution in [2.24, 2.45) is 0 Å². The minimum Gasteiger partial charge on any atom is -1.00 e. The summed E-state index contributed by atoms with van der Waals surface area (Å²) < 4.78 is 0. The van der Waals surface area contributed by atoms with Crippen LogP contribution in [0.2, 0.25) is 0 Å². The predicted molar refractivity (Wildman–Crippen MR) is 136 cm³/mol. The van der Waals surface area contributed by atoms with Gasteiger partial charge in [0.2, 0.25) is 0 Å². The Labute approximate surface area is 235 Å². The van der Waals surface area contributed by atoms with Crippen molar-refractivity contribution in [1.29, 1.82) is 0 Å². The van der Waals surface area contributed by atoms with Crippen molar-refractivity contribution in [2.45, 2.75) is 41.5 Å². The first-order chi connectivity index (χ1) is 14.8. The van der Waals surface area contributed by atoms with Crippen molar-refractivity contribution in [3.63, 3.8) is 0 Å². The molecule has 0 aliphatic carbocycles. The van der Waals surface area contributed by atoms with Gasteiger partial charge in [0.25, 0.3) is 0 Å². The molecule has 0 nitrogen and oxygen atoms in total. The minimum absolute atomic E-state index is 0. The third-order valence-electron chi connectivity index (χ3n) is 6.64. The van der Waals surface area contributed by atoms with Crippen LogP contribution in [0.5, 0.6) is 0 Å². The molecule has 3 heteroatoms. The van der Waals surface area contributed by atoms with E-state index in [0.717, 1.165) is 0 Å². The van der Waals surface area contributed by atoms with Crippen molar-refractivity contribution < 1.29 is 51.0 Å². The van der Waals surface area contributed by atoms with Gasteiger partial charge in [-0.15, -0.1) is 39.7 Å². The van der Waals surface area contributed by atoms with Crippen LogP contribution in [-0.4, -0.2) is 0 Å². The van der Waals surface area contributed by atoms with Crippen molar-refractivity contribution >= 4 is 21.5 Å². The summed E-state index contributed by atoms with van der Waals surface area (Å²) in [6.45, 7) is 13.2. The summed E-state index contributed by atoms with van der Waals surface area (Å²) in [5.41, 5.74) is 13.4. The van der Waals surface area contributed by atoms with Gasteiger partial charge in [0, 0.05) is 0 Å². The van der Waals surface area contributed by atoms with E-state index in [-0.39, 0.29) is 51.0 Å².